The zero-order chi connectivity index (χ0) is 20.4. The summed E-state index contributed by atoms with van der Waals surface area (Å²) in [5, 5.41) is 0. The monoisotopic (exact) mass is 379 g/mol. The fourth-order valence-corrected chi connectivity index (χ4v) is 3.87. The van der Waals surface area contributed by atoms with E-state index in [1.54, 1.807) is 0 Å². The first-order valence-corrected chi connectivity index (χ1v) is 9.96. The van der Waals surface area contributed by atoms with Gasteiger partial charge in [-0.1, -0.05) is 59.7 Å². The number of aromatic nitrogens is 2. The zero-order valence-electron chi connectivity index (χ0n) is 18.3. The van der Waals surface area contributed by atoms with Crippen LogP contribution >= 0.6 is 0 Å². The summed E-state index contributed by atoms with van der Waals surface area (Å²) in [5.41, 5.74) is 4.72. The first-order valence-electron chi connectivity index (χ1n) is 9.96. The summed E-state index contributed by atoms with van der Waals surface area (Å²) >= 11 is 0. The molecule has 28 heavy (non-hydrogen) atoms. The number of fused-ring (bicyclic) bond motifs is 2. The highest BCUT2D eigenvalue weighted by Crippen LogP contribution is 2.48. The maximum Gasteiger partial charge on any atom is 0.404 e. The van der Waals surface area contributed by atoms with Gasteiger partial charge in [-0.3, -0.25) is 0 Å². The van der Waals surface area contributed by atoms with Gasteiger partial charge in [0.2, 0.25) is 0 Å². The van der Waals surface area contributed by atoms with Gasteiger partial charge in [0.25, 0.3) is 5.82 Å². The molecule has 1 aromatic heterocycles. The van der Waals surface area contributed by atoms with E-state index in [4.69, 9.17) is 9.47 Å². The Morgan fingerprint density at radius 2 is 1.61 bits per heavy atom. The van der Waals surface area contributed by atoms with E-state index in [2.05, 4.69) is 101 Å². The molecule has 4 rings (SSSR count). The van der Waals surface area contributed by atoms with Gasteiger partial charge in [0, 0.05) is 12.5 Å². The molecule has 2 heterocycles. The van der Waals surface area contributed by atoms with Crippen molar-refractivity contribution < 1.29 is 14.0 Å². The van der Waals surface area contributed by atoms with Gasteiger partial charge in [-0.2, -0.15) is 4.57 Å². The summed E-state index contributed by atoms with van der Waals surface area (Å²) in [6.45, 7) is 15.5. The molecule has 148 valence electrons. The van der Waals surface area contributed by atoms with Crippen molar-refractivity contribution in [3.8, 4) is 11.5 Å². The van der Waals surface area contributed by atoms with Crippen molar-refractivity contribution >= 4 is 11.0 Å². The van der Waals surface area contributed by atoms with E-state index in [0.717, 1.165) is 28.4 Å². The van der Waals surface area contributed by atoms with E-state index in [0.29, 0.717) is 0 Å². The summed E-state index contributed by atoms with van der Waals surface area (Å²) in [7, 11) is 2.08. The molecular weight excluding hydrogens is 348 g/mol. The zero-order valence-corrected chi connectivity index (χ0v) is 18.3. The van der Waals surface area contributed by atoms with E-state index >= 15 is 0 Å². The van der Waals surface area contributed by atoms with E-state index in [9.17, 15) is 0 Å². The molecule has 0 aliphatic carbocycles. The minimum atomic E-state index is -0.502. The predicted octanol–water partition coefficient (Wildman–Crippen LogP) is 5.30. The highest BCUT2D eigenvalue weighted by molar-refractivity contribution is 5.72. The van der Waals surface area contributed by atoms with Crippen molar-refractivity contribution in [1.29, 1.82) is 0 Å². The maximum atomic E-state index is 6.45. The molecule has 4 nitrogen and oxygen atoms in total. The van der Waals surface area contributed by atoms with Crippen molar-refractivity contribution in [2.24, 2.45) is 7.05 Å². The molecule has 0 radical (unpaired) electrons. The molecule has 0 N–H and O–H groups in total. The number of benzene rings is 2. The van der Waals surface area contributed by atoms with Crippen LogP contribution in [0, 0.1) is 6.92 Å². The van der Waals surface area contributed by atoms with Gasteiger partial charge in [0.1, 0.15) is 0 Å². The molecule has 4 heteroatoms. The lowest BCUT2D eigenvalue weighted by Crippen LogP contribution is -2.32. The quantitative estimate of drug-likeness (QED) is 0.537. The van der Waals surface area contributed by atoms with Crippen LogP contribution in [0.5, 0.6) is 11.5 Å². The number of ether oxygens (including phenoxy) is 2. The average molecular weight is 380 g/mol. The number of rotatable bonds is 1. The lowest BCUT2D eigenvalue weighted by molar-refractivity contribution is -0.653. The second-order valence-electron chi connectivity index (χ2n) is 9.86. The van der Waals surface area contributed by atoms with Crippen LogP contribution in [0.3, 0.4) is 0 Å². The van der Waals surface area contributed by atoms with Crippen LogP contribution in [0.25, 0.3) is 11.0 Å². The summed E-state index contributed by atoms with van der Waals surface area (Å²) in [6.07, 6.45) is -0.502. The lowest BCUT2D eigenvalue weighted by Gasteiger charge is -2.26. The number of hydrogen-bond acceptors (Lipinski definition) is 2. The van der Waals surface area contributed by atoms with Crippen LogP contribution in [0.1, 0.15) is 64.9 Å². The topological polar surface area (TPSA) is 27.3 Å². The molecule has 1 atom stereocenters. The van der Waals surface area contributed by atoms with Crippen LogP contribution in [0.2, 0.25) is 0 Å². The van der Waals surface area contributed by atoms with Crippen LogP contribution < -0.4 is 14.0 Å². The second-order valence-corrected chi connectivity index (χ2v) is 9.86. The summed E-state index contributed by atoms with van der Waals surface area (Å²) in [4.78, 5) is 0. The van der Waals surface area contributed by atoms with Gasteiger partial charge in [0.15, 0.2) is 22.5 Å². The largest absolute Gasteiger partial charge is 0.416 e. The van der Waals surface area contributed by atoms with Crippen LogP contribution in [-0.4, -0.2) is 4.57 Å². The molecule has 0 spiro atoms. The van der Waals surface area contributed by atoms with Gasteiger partial charge in [-0.25, -0.2) is 4.57 Å². The molecular formula is C24H31N2O2+. The Labute approximate surface area is 167 Å². The third-order valence-corrected chi connectivity index (χ3v) is 5.72. The highest BCUT2D eigenvalue weighted by atomic mass is 16.7. The van der Waals surface area contributed by atoms with Crippen molar-refractivity contribution in [1.82, 2.24) is 4.57 Å². The fraction of sp³-hybridized carbons (Fsp3) is 0.458. The predicted molar refractivity (Wildman–Crippen MR) is 112 cm³/mol. The minimum Gasteiger partial charge on any atom is -0.416 e. The molecule has 1 unspecified atom stereocenters. The second kappa shape index (κ2) is 6.00. The van der Waals surface area contributed by atoms with Gasteiger partial charge in [0.05, 0.1) is 7.05 Å². The molecule has 0 bridgehead atoms. The van der Waals surface area contributed by atoms with Crippen molar-refractivity contribution in [3.05, 3.63) is 53.3 Å². The third kappa shape index (κ3) is 2.86. The Bertz CT molecular complexity index is 1060. The molecule has 1 aliphatic heterocycles. The first kappa shape index (κ1) is 18.9. The normalized spacial score (nSPS) is 16.8. The fourth-order valence-electron chi connectivity index (χ4n) is 3.87. The summed E-state index contributed by atoms with van der Waals surface area (Å²) in [5.74, 6) is 2.79. The Kier molecular flexibility index (Phi) is 4.04. The van der Waals surface area contributed by atoms with Crippen molar-refractivity contribution in [2.75, 3.05) is 0 Å². The third-order valence-electron chi connectivity index (χ3n) is 5.72. The van der Waals surface area contributed by atoms with Crippen molar-refractivity contribution in [3.63, 3.8) is 0 Å². The smallest absolute Gasteiger partial charge is 0.404 e. The van der Waals surface area contributed by atoms with Gasteiger partial charge < -0.3 is 9.47 Å². The summed E-state index contributed by atoms with van der Waals surface area (Å²) in [6, 6.07) is 12.8. The van der Waals surface area contributed by atoms with E-state index in [-0.39, 0.29) is 10.8 Å². The average Bonchev–Trinajstić information content (AvgIpc) is 3.12. The van der Waals surface area contributed by atoms with E-state index in [1.807, 2.05) is 0 Å². The van der Waals surface area contributed by atoms with Crippen LogP contribution in [0.15, 0.2) is 36.4 Å². The maximum absolute atomic E-state index is 6.45. The number of imidazole rings is 1. The van der Waals surface area contributed by atoms with Gasteiger partial charge in [-0.05, 0) is 34.6 Å². The molecule has 0 amide bonds. The van der Waals surface area contributed by atoms with Crippen molar-refractivity contribution in [2.45, 2.75) is 65.7 Å². The standard InChI is InChI=1S/C24H31N2O2/c1-15-25(8)18-11-9-10-12-19(18)26(15)22-27-20-14-16(23(2,3)4)13-17(21(20)28-22)24(5,6)7/h9-14,22H,1-8H3/q+1. The Hall–Kier alpha value is -2.49. The number of nitrogens with zero attached hydrogens (tertiary/aromatic N) is 2. The lowest BCUT2D eigenvalue weighted by atomic mass is 9.80. The number of para-hydroxylation sites is 2. The van der Waals surface area contributed by atoms with Gasteiger partial charge in [-0.15, -0.1) is 0 Å². The molecule has 2 aromatic carbocycles. The number of hydrogen-bond donors (Lipinski definition) is 0. The number of aryl methyl sites for hydroxylation is 1. The summed E-state index contributed by atoms with van der Waals surface area (Å²) < 4.78 is 17.2. The Morgan fingerprint density at radius 1 is 0.929 bits per heavy atom. The SMILES string of the molecule is Cc1n(C2Oc3cc(C(C)(C)C)cc(C(C)(C)C)c3O2)c2ccccc2[n+]1C. The molecule has 1 aliphatic rings. The van der Waals surface area contributed by atoms with E-state index in [1.165, 1.54) is 11.1 Å². The molecule has 0 saturated carbocycles. The van der Waals surface area contributed by atoms with Crippen LogP contribution in [-0.2, 0) is 17.9 Å². The first-order chi connectivity index (χ1) is 13.0. The Morgan fingerprint density at radius 3 is 2.25 bits per heavy atom. The van der Waals surface area contributed by atoms with E-state index < -0.39 is 6.41 Å². The van der Waals surface area contributed by atoms with Crippen LogP contribution in [0.4, 0.5) is 0 Å². The van der Waals surface area contributed by atoms with Gasteiger partial charge >= 0.3 is 6.41 Å². The molecule has 0 saturated heterocycles. The minimum absolute atomic E-state index is 0.0396. The molecule has 0 fully saturated rings. The highest BCUT2D eigenvalue weighted by Gasteiger charge is 2.39. The molecule has 3 aromatic rings. The Balaban J connectivity index is 1.86.